The van der Waals surface area contributed by atoms with Crippen LogP contribution in [0.2, 0.25) is 0 Å². The third kappa shape index (κ3) is 2.57. The van der Waals surface area contributed by atoms with Crippen molar-refractivity contribution < 1.29 is 8.83 Å². The van der Waals surface area contributed by atoms with Crippen LogP contribution in [0.5, 0.6) is 0 Å². The molecule has 0 aliphatic heterocycles. The van der Waals surface area contributed by atoms with Gasteiger partial charge in [0.25, 0.3) is 0 Å². The van der Waals surface area contributed by atoms with Crippen LogP contribution in [0.3, 0.4) is 0 Å². The summed E-state index contributed by atoms with van der Waals surface area (Å²) < 4.78 is 11.8. The monoisotopic (exact) mass is 295 g/mol. The van der Waals surface area contributed by atoms with E-state index < -0.39 is 0 Å². The Kier molecular flexibility index (Phi) is 3.30. The first-order valence-electron chi connectivity index (χ1n) is 8.01. The molecule has 0 saturated heterocycles. The summed E-state index contributed by atoms with van der Waals surface area (Å²) in [6.07, 6.45) is 1.26. The van der Waals surface area contributed by atoms with Gasteiger partial charge in [0.1, 0.15) is 22.9 Å². The van der Waals surface area contributed by atoms with E-state index in [1.807, 2.05) is 18.2 Å². The van der Waals surface area contributed by atoms with E-state index in [1.54, 1.807) is 0 Å². The highest BCUT2D eigenvalue weighted by Gasteiger charge is 2.36. The molecule has 2 aromatic heterocycles. The lowest BCUT2D eigenvalue weighted by Crippen LogP contribution is -2.17. The molecule has 4 rings (SSSR count). The number of nitrogens with one attached hydrogen (secondary N) is 1. The number of fused-ring (bicyclic) bond motifs is 1. The molecular weight excluding hydrogens is 274 g/mol. The molecule has 3 heteroatoms. The second-order valence-corrected chi connectivity index (χ2v) is 6.41. The molecule has 1 saturated carbocycles. The molecule has 3 aromatic rings. The van der Waals surface area contributed by atoms with Crippen LogP contribution in [0.25, 0.3) is 11.0 Å². The summed E-state index contributed by atoms with van der Waals surface area (Å²) in [6.45, 7) is 5.11. The topological polar surface area (TPSA) is 38.3 Å². The second kappa shape index (κ2) is 5.33. The summed E-state index contributed by atoms with van der Waals surface area (Å²) in [5.74, 6) is 4.52. The number of hydrogen-bond donors (Lipinski definition) is 1. The zero-order chi connectivity index (χ0) is 15.1. The first kappa shape index (κ1) is 13.6. The van der Waals surface area contributed by atoms with Crippen LogP contribution in [0, 0.1) is 5.92 Å². The molecule has 3 nitrogen and oxygen atoms in total. The van der Waals surface area contributed by atoms with E-state index in [0.29, 0.717) is 5.92 Å². The lowest BCUT2D eigenvalue weighted by atomic mass is 10.2. The number of furan rings is 2. The number of rotatable bonds is 5. The Morgan fingerprint density at radius 2 is 2.00 bits per heavy atom. The lowest BCUT2D eigenvalue weighted by molar-refractivity contribution is 0.405. The molecule has 0 amide bonds. The zero-order valence-corrected chi connectivity index (χ0v) is 13.0. The van der Waals surface area contributed by atoms with Crippen molar-refractivity contribution in [3.63, 3.8) is 0 Å². The normalized spacial score (nSPS) is 22.1. The molecule has 0 unspecified atom stereocenters. The van der Waals surface area contributed by atoms with Crippen molar-refractivity contribution in [2.24, 2.45) is 5.92 Å². The first-order valence-corrected chi connectivity index (χ1v) is 8.01. The fourth-order valence-electron chi connectivity index (χ4n) is 2.98. The van der Waals surface area contributed by atoms with E-state index in [4.69, 9.17) is 8.83 Å². The summed E-state index contributed by atoms with van der Waals surface area (Å²) in [5.41, 5.74) is 0.939. The largest absolute Gasteiger partial charge is 0.464 e. The van der Waals surface area contributed by atoms with Crippen molar-refractivity contribution in [1.82, 2.24) is 5.32 Å². The minimum atomic E-state index is 0.154. The van der Waals surface area contributed by atoms with Crippen LogP contribution in [-0.2, 0) is 6.54 Å². The van der Waals surface area contributed by atoms with E-state index in [1.165, 1.54) is 6.42 Å². The van der Waals surface area contributed by atoms with Gasteiger partial charge in [0.15, 0.2) is 0 Å². The molecule has 1 aliphatic carbocycles. The van der Waals surface area contributed by atoms with Gasteiger partial charge in [-0.05, 0) is 43.5 Å². The van der Waals surface area contributed by atoms with Gasteiger partial charge in [-0.15, -0.1) is 0 Å². The van der Waals surface area contributed by atoms with Crippen LogP contribution in [0.1, 0.15) is 49.5 Å². The van der Waals surface area contributed by atoms with Gasteiger partial charge >= 0.3 is 0 Å². The lowest BCUT2D eigenvalue weighted by Gasteiger charge is -2.09. The maximum absolute atomic E-state index is 5.93. The van der Waals surface area contributed by atoms with Gasteiger partial charge in [-0.25, -0.2) is 0 Å². The van der Waals surface area contributed by atoms with Crippen LogP contribution < -0.4 is 5.32 Å². The SMILES string of the molecule is C[C@H](NCc1ccc([C@@H]2C[C@@H]2C)o1)c1cc2ccccc2o1. The zero-order valence-electron chi connectivity index (χ0n) is 13.0. The third-order valence-electron chi connectivity index (χ3n) is 4.61. The summed E-state index contributed by atoms with van der Waals surface area (Å²) >= 11 is 0. The van der Waals surface area contributed by atoms with Crippen LogP contribution in [0.4, 0.5) is 0 Å². The minimum absolute atomic E-state index is 0.154. The highest BCUT2D eigenvalue weighted by Crippen LogP contribution is 2.47. The highest BCUT2D eigenvalue weighted by molar-refractivity contribution is 5.77. The van der Waals surface area contributed by atoms with Crippen LogP contribution in [-0.4, -0.2) is 0 Å². The van der Waals surface area contributed by atoms with E-state index in [9.17, 15) is 0 Å². The number of para-hydroxylation sites is 1. The van der Waals surface area contributed by atoms with Gasteiger partial charge in [0.2, 0.25) is 0 Å². The highest BCUT2D eigenvalue weighted by atomic mass is 16.3. The van der Waals surface area contributed by atoms with E-state index in [-0.39, 0.29) is 6.04 Å². The van der Waals surface area contributed by atoms with Gasteiger partial charge < -0.3 is 14.2 Å². The molecule has 0 bridgehead atoms. The molecule has 1 fully saturated rings. The van der Waals surface area contributed by atoms with E-state index in [0.717, 1.165) is 40.7 Å². The van der Waals surface area contributed by atoms with Gasteiger partial charge in [0, 0.05) is 11.3 Å². The number of hydrogen-bond acceptors (Lipinski definition) is 3. The average molecular weight is 295 g/mol. The summed E-state index contributed by atoms with van der Waals surface area (Å²) in [7, 11) is 0. The van der Waals surface area contributed by atoms with Crippen molar-refractivity contribution in [3.05, 3.63) is 59.7 Å². The van der Waals surface area contributed by atoms with Crippen molar-refractivity contribution in [1.29, 1.82) is 0 Å². The van der Waals surface area contributed by atoms with Crippen molar-refractivity contribution >= 4 is 11.0 Å². The maximum Gasteiger partial charge on any atom is 0.134 e. The molecule has 1 aromatic carbocycles. The molecule has 0 radical (unpaired) electrons. The van der Waals surface area contributed by atoms with E-state index in [2.05, 4.69) is 43.4 Å². The maximum atomic E-state index is 5.93. The molecule has 1 N–H and O–H groups in total. The van der Waals surface area contributed by atoms with Gasteiger partial charge in [-0.1, -0.05) is 25.1 Å². The summed E-state index contributed by atoms with van der Waals surface area (Å²) in [5, 5.41) is 4.62. The predicted molar refractivity (Wildman–Crippen MR) is 86.7 cm³/mol. The van der Waals surface area contributed by atoms with Crippen LogP contribution >= 0.6 is 0 Å². The Hall–Kier alpha value is -2.00. The van der Waals surface area contributed by atoms with Gasteiger partial charge in [-0.2, -0.15) is 0 Å². The average Bonchev–Trinajstić information content (AvgIpc) is 2.96. The Morgan fingerprint density at radius 1 is 1.18 bits per heavy atom. The fraction of sp³-hybridized carbons (Fsp3) is 0.368. The van der Waals surface area contributed by atoms with Gasteiger partial charge in [-0.3, -0.25) is 0 Å². The van der Waals surface area contributed by atoms with Crippen molar-refractivity contribution in [2.45, 2.75) is 38.8 Å². The Balaban J connectivity index is 1.41. The van der Waals surface area contributed by atoms with Gasteiger partial charge in [0.05, 0.1) is 12.6 Å². The third-order valence-corrected chi connectivity index (χ3v) is 4.61. The molecule has 22 heavy (non-hydrogen) atoms. The number of benzene rings is 1. The Bertz CT molecular complexity index is 752. The molecular formula is C19H21NO2. The molecule has 2 heterocycles. The van der Waals surface area contributed by atoms with E-state index >= 15 is 0 Å². The quantitative estimate of drug-likeness (QED) is 0.720. The van der Waals surface area contributed by atoms with Crippen molar-refractivity contribution in [2.75, 3.05) is 0 Å². The molecule has 114 valence electrons. The summed E-state index contributed by atoms with van der Waals surface area (Å²) in [4.78, 5) is 0. The first-order chi connectivity index (χ1) is 10.7. The van der Waals surface area contributed by atoms with Crippen molar-refractivity contribution in [3.8, 4) is 0 Å². The smallest absolute Gasteiger partial charge is 0.134 e. The predicted octanol–water partition coefficient (Wildman–Crippen LogP) is 5.00. The van der Waals surface area contributed by atoms with Crippen LogP contribution in [0.15, 0.2) is 51.3 Å². The minimum Gasteiger partial charge on any atom is -0.464 e. The standard InChI is InChI=1S/C19H21NO2/c1-12-9-16(12)18-8-7-15(21-18)11-20-13(2)19-10-14-5-3-4-6-17(14)22-19/h3-8,10,12-13,16,20H,9,11H2,1-2H3/t12-,13-,16+/m0/s1. The molecule has 0 spiro atoms. The Labute approximate surface area is 130 Å². The second-order valence-electron chi connectivity index (χ2n) is 6.41. The molecule has 3 atom stereocenters. The molecule has 1 aliphatic rings. The summed E-state index contributed by atoms with van der Waals surface area (Å²) in [6, 6.07) is 14.6. The Morgan fingerprint density at radius 3 is 2.77 bits per heavy atom. The fourth-order valence-corrected chi connectivity index (χ4v) is 2.98.